The van der Waals surface area contributed by atoms with Crippen molar-refractivity contribution in [2.45, 2.75) is 25.6 Å². The molecular weight excluding hydrogens is 288 g/mol. The summed E-state index contributed by atoms with van der Waals surface area (Å²) >= 11 is 3.47. The molecule has 1 heterocycles. The van der Waals surface area contributed by atoms with Gasteiger partial charge in [-0.3, -0.25) is 10.5 Å². The Kier molecular flexibility index (Phi) is 6.07. The first-order valence-corrected chi connectivity index (χ1v) is 6.14. The van der Waals surface area contributed by atoms with Crippen LogP contribution in [0.15, 0.2) is 10.7 Å². The number of aromatic nitrogens is 2. The lowest BCUT2D eigenvalue weighted by molar-refractivity contribution is 0.0788. The molecule has 1 aromatic heterocycles. The Morgan fingerprint density at radius 3 is 2.82 bits per heavy atom. The summed E-state index contributed by atoms with van der Waals surface area (Å²) in [7, 11) is 3.31. The fourth-order valence-electron chi connectivity index (χ4n) is 1.61. The van der Waals surface area contributed by atoms with Gasteiger partial charge in [-0.05, 0) is 22.9 Å². The Morgan fingerprint density at radius 2 is 2.29 bits per heavy atom. The first-order chi connectivity index (χ1) is 8.15. The molecule has 0 radical (unpaired) electrons. The van der Waals surface area contributed by atoms with Gasteiger partial charge in [-0.15, -0.1) is 0 Å². The first-order valence-electron chi connectivity index (χ1n) is 5.34. The van der Waals surface area contributed by atoms with Crippen LogP contribution in [0.2, 0.25) is 0 Å². The molecule has 1 rings (SSSR count). The molecule has 98 valence electrons. The predicted molar refractivity (Wildman–Crippen MR) is 68.3 cm³/mol. The minimum absolute atomic E-state index is 0.0608. The highest BCUT2D eigenvalue weighted by Gasteiger charge is 2.24. The van der Waals surface area contributed by atoms with Gasteiger partial charge < -0.3 is 9.47 Å². The predicted octanol–water partition coefficient (Wildman–Crippen LogP) is 0.831. The molecule has 6 nitrogen and oxygen atoms in total. The van der Waals surface area contributed by atoms with Crippen LogP contribution in [0.5, 0.6) is 0 Å². The van der Waals surface area contributed by atoms with Crippen LogP contribution >= 0.6 is 15.9 Å². The van der Waals surface area contributed by atoms with Crippen molar-refractivity contribution < 1.29 is 9.47 Å². The number of nitrogens with one attached hydrogen (secondary N) is 1. The summed E-state index contributed by atoms with van der Waals surface area (Å²) in [6.45, 7) is 3.22. The molecule has 0 aliphatic rings. The van der Waals surface area contributed by atoms with Crippen LogP contribution in [0.1, 0.15) is 18.7 Å². The van der Waals surface area contributed by atoms with E-state index in [0.29, 0.717) is 13.2 Å². The van der Waals surface area contributed by atoms with Gasteiger partial charge in [0.1, 0.15) is 0 Å². The quantitative estimate of drug-likeness (QED) is 0.576. The Morgan fingerprint density at radius 1 is 1.59 bits per heavy atom. The summed E-state index contributed by atoms with van der Waals surface area (Å²) in [6.07, 6.45) is 1.69. The molecule has 0 fully saturated rings. The molecule has 0 bridgehead atoms. The van der Waals surface area contributed by atoms with E-state index in [0.717, 1.165) is 10.2 Å². The number of nitrogens with zero attached hydrogens (tertiary/aromatic N) is 2. The van der Waals surface area contributed by atoms with Gasteiger partial charge >= 0.3 is 0 Å². The number of halogens is 1. The molecule has 1 aromatic rings. The maximum absolute atomic E-state index is 5.58. The normalized spacial score (nSPS) is 14.9. The van der Waals surface area contributed by atoms with Crippen molar-refractivity contribution in [1.29, 1.82) is 0 Å². The topological polar surface area (TPSA) is 74.3 Å². The largest absolute Gasteiger partial charge is 0.383 e. The lowest BCUT2D eigenvalue weighted by Gasteiger charge is -2.23. The van der Waals surface area contributed by atoms with Gasteiger partial charge in [0, 0.05) is 14.2 Å². The highest BCUT2D eigenvalue weighted by atomic mass is 79.9. The molecule has 0 aliphatic heterocycles. The van der Waals surface area contributed by atoms with Crippen LogP contribution in [-0.2, 0) is 16.0 Å². The number of hydrazine groups is 1. The highest BCUT2D eigenvalue weighted by molar-refractivity contribution is 9.10. The average molecular weight is 307 g/mol. The van der Waals surface area contributed by atoms with Crippen molar-refractivity contribution in [3.05, 3.63) is 16.4 Å². The number of hydrogen-bond donors (Lipinski definition) is 2. The van der Waals surface area contributed by atoms with Crippen LogP contribution in [0.25, 0.3) is 0 Å². The molecule has 0 amide bonds. The lowest BCUT2D eigenvalue weighted by Crippen LogP contribution is -2.38. The van der Waals surface area contributed by atoms with E-state index in [1.165, 1.54) is 0 Å². The first kappa shape index (κ1) is 14.6. The molecule has 0 spiro atoms. The van der Waals surface area contributed by atoms with Gasteiger partial charge in [0.15, 0.2) is 0 Å². The second-order valence-electron chi connectivity index (χ2n) is 3.68. The zero-order chi connectivity index (χ0) is 12.8. The van der Waals surface area contributed by atoms with Crippen molar-refractivity contribution in [3.63, 3.8) is 0 Å². The van der Waals surface area contributed by atoms with E-state index in [9.17, 15) is 0 Å². The third-order valence-corrected chi connectivity index (χ3v) is 3.27. The molecule has 0 aliphatic carbocycles. The fourth-order valence-corrected chi connectivity index (χ4v) is 2.15. The third-order valence-electron chi connectivity index (χ3n) is 2.66. The standard InChI is InChI=1S/C10H19BrN4O2/c1-7(17-3)9(14-12)10-8(11)6-13-15(10)4-5-16-2/h6-7,9,14H,4-5,12H2,1-3H3. The van der Waals surface area contributed by atoms with Gasteiger partial charge in [-0.1, -0.05) is 0 Å². The Labute approximate surface area is 110 Å². The van der Waals surface area contributed by atoms with E-state index in [1.807, 2.05) is 11.6 Å². The maximum atomic E-state index is 5.58. The minimum Gasteiger partial charge on any atom is -0.383 e. The van der Waals surface area contributed by atoms with Gasteiger partial charge in [-0.2, -0.15) is 5.10 Å². The zero-order valence-corrected chi connectivity index (χ0v) is 11.9. The van der Waals surface area contributed by atoms with E-state index in [2.05, 4.69) is 26.5 Å². The molecule has 7 heteroatoms. The summed E-state index contributed by atoms with van der Waals surface area (Å²) < 4.78 is 13.1. The number of rotatable bonds is 7. The third kappa shape index (κ3) is 3.49. The molecule has 0 saturated carbocycles. The number of hydrogen-bond acceptors (Lipinski definition) is 5. The van der Waals surface area contributed by atoms with E-state index in [-0.39, 0.29) is 12.1 Å². The molecule has 0 aromatic carbocycles. The van der Waals surface area contributed by atoms with Gasteiger partial charge in [0.05, 0.1) is 41.7 Å². The fraction of sp³-hybridized carbons (Fsp3) is 0.700. The van der Waals surface area contributed by atoms with Crippen molar-refractivity contribution in [1.82, 2.24) is 15.2 Å². The second-order valence-corrected chi connectivity index (χ2v) is 4.53. The monoisotopic (exact) mass is 306 g/mol. The van der Waals surface area contributed by atoms with Crippen molar-refractivity contribution in [3.8, 4) is 0 Å². The molecule has 2 atom stereocenters. The Hall–Kier alpha value is -0.470. The summed E-state index contributed by atoms with van der Waals surface area (Å²) in [6, 6.07) is -0.131. The number of ether oxygens (including phenoxy) is 2. The van der Waals surface area contributed by atoms with E-state index in [4.69, 9.17) is 15.3 Å². The summed E-state index contributed by atoms with van der Waals surface area (Å²) in [4.78, 5) is 0. The lowest BCUT2D eigenvalue weighted by atomic mass is 10.1. The van der Waals surface area contributed by atoms with Gasteiger partial charge in [-0.25, -0.2) is 5.43 Å². The molecular formula is C10H19BrN4O2. The number of nitrogens with two attached hydrogens (primary N) is 1. The summed E-state index contributed by atoms with van der Waals surface area (Å²) in [5.74, 6) is 5.58. The van der Waals surface area contributed by atoms with Crippen LogP contribution in [0.3, 0.4) is 0 Å². The van der Waals surface area contributed by atoms with Gasteiger partial charge in [0.25, 0.3) is 0 Å². The van der Waals surface area contributed by atoms with Crippen LogP contribution in [-0.4, -0.2) is 36.7 Å². The summed E-state index contributed by atoms with van der Waals surface area (Å²) in [5, 5.41) is 4.28. The zero-order valence-electron chi connectivity index (χ0n) is 10.3. The van der Waals surface area contributed by atoms with Crippen LogP contribution in [0, 0.1) is 0 Å². The molecule has 3 N–H and O–H groups in total. The molecule has 0 saturated heterocycles. The smallest absolute Gasteiger partial charge is 0.0898 e. The van der Waals surface area contributed by atoms with Crippen LogP contribution < -0.4 is 11.3 Å². The molecule has 2 unspecified atom stereocenters. The van der Waals surface area contributed by atoms with E-state index >= 15 is 0 Å². The van der Waals surface area contributed by atoms with Crippen molar-refractivity contribution in [2.24, 2.45) is 5.84 Å². The second kappa shape index (κ2) is 7.07. The summed E-state index contributed by atoms with van der Waals surface area (Å²) in [5.41, 5.74) is 3.71. The number of methoxy groups -OCH3 is 2. The maximum Gasteiger partial charge on any atom is 0.0898 e. The molecule has 17 heavy (non-hydrogen) atoms. The van der Waals surface area contributed by atoms with Crippen molar-refractivity contribution in [2.75, 3.05) is 20.8 Å². The van der Waals surface area contributed by atoms with Crippen LogP contribution in [0.4, 0.5) is 0 Å². The SMILES string of the molecule is COCCn1ncc(Br)c1C(NN)C(C)OC. The van der Waals surface area contributed by atoms with E-state index < -0.39 is 0 Å². The Bertz CT molecular complexity index is 345. The Balaban J connectivity index is 2.96. The highest BCUT2D eigenvalue weighted by Crippen LogP contribution is 2.26. The average Bonchev–Trinajstić information content (AvgIpc) is 2.69. The van der Waals surface area contributed by atoms with Crippen molar-refractivity contribution >= 4 is 15.9 Å². The minimum atomic E-state index is -0.131. The van der Waals surface area contributed by atoms with Gasteiger partial charge in [0.2, 0.25) is 0 Å². The van der Waals surface area contributed by atoms with E-state index in [1.54, 1.807) is 20.4 Å².